The van der Waals surface area contributed by atoms with E-state index < -0.39 is 0 Å². The number of aryl methyl sites for hydroxylation is 1. The molecule has 1 aliphatic rings. The van der Waals surface area contributed by atoms with Crippen molar-refractivity contribution in [3.63, 3.8) is 0 Å². The number of Topliss-reactive ketones (excluding diaryl/α,β-unsaturated/α-hetero) is 1. The van der Waals surface area contributed by atoms with Gasteiger partial charge in [-0.05, 0) is 46.6 Å². The van der Waals surface area contributed by atoms with Crippen molar-refractivity contribution in [3.8, 4) is 0 Å². The third-order valence-corrected chi connectivity index (χ3v) is 5.39. The molecule has 0 unspecified atom stereocenters. The van der Waals surface area contributed by atoms with Gasteiger partial charge in [0.25, 0.3) is 0 Å². The molecule has 3 atom stereocenters. The summed E-state index contributed by atoms with van der Waals surface area (Å²) >= 11 is 0. The van der Waals surface area contributed by atoms with E-state index in [4.69, 9.17) is 10.5 Å². The molecule has 6 heteroatoms. The van der Waals surface area contributed by atoms with Crippen LogP contribution in [0, 0.1) is 19.8 Å². The highest BCUT2D eigenvalue weighted by Gasteiger charge is 2.30. The zero-order valence-electron chi connectivity index (χ0n) is 16.0. The first-order valence-corrected chi connectivity index (χ1v) is 9.00. The number of nitrogens with two attached hydrogens (primary N) is 1. The number of carbonyl (C=O) groups is 2. The van der Waals surface area contributed by atoms with E-state index in [0.29, 0.717) is 19.7 Å². The van der Waals surface area contributed by atoms with E-state index in [-0.39, 0.29) is 29.7 Å². The predicted molar refractivity (Wildman–Crippen MR) is 97.8 cm³/mol. The van der Waals surface area contributed by atoms with Gasteiger partial charge in [0.1, 0.15) is 0 Å². The van der Waals surface area contributed by atoms with Crippen molar-refractivity contribution < 1.29 is 14.3 Å². The lowest BCUT2D eigenvalue weighted by Crippen LogP contribution is -2.47. The van der Waals surface area contributed by atoms with Gasteiger partial charge in [-0.15, -0.1) is 0 Å². The van der Waals surface area contributed by atoms with Crippen molar-refractivity contribution in [2.24, 2.45) is 11.7 Å². The van der Waals surface area contributed by atoms with Crippen LogP contribution in [0.2, 0.25) is 0 Å². The SMILES string of the molecule is COC[C@@H](C)n1c(C)cc(C(=O)CN2C[C@@H](C(N)=O)CC[C@@H]2C)c1C. The number of methoxy groups -OCH3 is 1. The molecule has 0 radical (unpaired) electrons. The summed E-state index contributed by atoms with van der Waals surface area (Å²) in [5.74, 6) is -0.324. The van der Waals surface area contributed by atoms with Crippen LogP contribution in [0.3, 0.4) is 0 Å². The number of rotatable bonds is 7. The molecule has 0 bridgehead atoms. The maximum atomic E-state index is 12.9. The van der Waals surface area contributed by atoms with Crippen molar-refractivity contribution in [1.29, 1.82) is 0 Å². The molecule has 1 aromatic heterocycles. The summed E-state index contributed by atoms with van der Waals surface area (Å²) in [4.78, 5) is 26.5. The highest BCUT2D eigenvalue weighted by molar-refractivity contribution is 5.99. The lowest BCUT2D eigenvalue weighted by Gasteiger charge is -2.36. The Morgan fingerprint density at radius 1 is 1.36 bits per heavy atom. The van der Waals surface area contributed by atoms with Gasteiger partial charge in [-0.3, -0.25) is 14.5 Å². The number of hydrogen-bond acceptors (Lipinski definition) is 4. The maximum Gasteiger partial charge on any atom is 0.221 e. The van der Waals surface area contributed by atoms with Crippen LogP contribution in [0.15, 0.2) is 6.07 Å². The molecule has 1 aromatic rings. The van der Waals surface area contributed by atoms with Crippen LogP contribution in [-0.2, 0) is 9.53 Å². The Kier molecular flexibility index (Phi) is 6.41. The van der Waals surface area contributed by atoms with Gasteiger partial charge in [0.15, 0.2) is 5.78 Å². The number of hydrogen-bond donors (Lipinski definition) is 1. The van der Waals surface area contributed by atoms with Gasteiger partial charge in [0.05, 0.1) is 25.1 Å². The van der Waals surface area contributed by atoms with Crippen molar-refractivity contribution in [3.05, 3.63) is 23.0 Å². The first kappa shape index (κ1) is 19.7. The normalized spacial score (nSPS) is 22.8. The molecule has 6 nitrogen and oxygen atoms in total. The second-order valence-corrected chi connectivity index (χ2v) is 7.34. The largest absolute Gasteiger partial charge is 0.383 e. The van der Waals surface area contributed by atoms with Gasteiger partial charge in [0.2, 0.25) is 5.91 Å². The molecule has 25 heavy (non-hydrogen) atoms. The fourth-order valence-electron chi connectivity index (χ4n) is 3.95. The minimum absolute atomic E-state index is 0.0981. The van der Waals surface area contributed by atoms with Crippen molar-refractivity contribution in [2.45, 2.75) is 52.6 Å². The summed E-state index contributed by atoms with van der Waals surface area (Å²) in [5, 5.41) is 0. The summed E-state index contributed by atoms with van der Waals surface area (Å²) in [6, 6.07) is 2.43. The lowest BCUT2D eigenvalue weighted by molar-refractivity contribution is -0.123. The van der Waals surface area contributed by atoms with Crippen LogP contribution in [0.1, 0.15) is 54.5 Å². The molecule has 2 N–H and O–H groups in total. The first-order chi connectivity index (χ1) is 11.8. The highest BCUT2D eigenvalue weighted by Crippen LogP contribution is 2.24. The number of piperidine rings is 1. The Hall–Kier alpha value is -1.66. The van der Waals surface area contributed by atoms with Gasteiger partial charge in [-0.25, -0.2) is 0 Å². The van der Waals surface area contributed by atoms with Gasteiger partial charge >= 0.3 is 0 Å². The first-order valence-electron chi connectivity index (χ1n) is 9.00. The number of nitrogens with zero attached hydrogens (tertiary/aromatic N) is 2. The fraction of sp³-hybridized carbons (Fsp3) is 0.684. The van der Waals surface area contributed by atoms with E-state index in [2.05, 4.69) is 23.3 Å². The smallest absolute Gasteiger partial charge is 0.221 e. The monoisotopic (exact) mass is 349 g/mol. The van der Waals surface area contributed by atoms with Crippen molar-refractivity contribution in [1.82, 2.24) is 9.47 Å². The Labute approximate surface area is 150 Å². The van der Waals surface area contributed by atoms with E-state index in [1.54, 1.807) is 7.11 Å². The number of amides is 1. The number of carbonyl (C=O) groups excluding carboxylic acids is 2. The van der Waals surface area contributed by atoms with E-state index in [1.165, 1.54) is 0 Å². The minimum atomic E-state index is -0.268. The van der Waals surface area contributed by atoms with Gasteiger partial charge in [0, 0.05) is 36.6 Å². The molecule has 2 heterocycles. The van der Waals surface area contributed by atoms with Crippen LogP contribution >= 0.6 is 0 Å². The Bertz CT molecular complexity index is 638. The fourth-order valence-corrected chi connectivity index (χ4v) is 3.95. The molecule has 0 aliphatic carbocycles. The van der Waals surface area contributed by atoms with Gasteiger partial charge < -0.3 is 15.0 Å². The quantitative estimate of drug-likeness (QED) is 0.765. The molecule has 1 saturated heterocycles. The van der Waals surface area contributed by atoms with Crippen molar-refractivity contribution in [2.75, 3.05) is 26.8 Å². The third-order valence-electron chi connectivity index (χ3n) is 5.39. The van der Waals surface area contributed by atoms with E-state index >= 15 is 0 Å². The highest BCUT2D eigenvalue weighted by atomic mass is 16.5. The molecule has 140 valence electrons. The Morgan fingerprint density at radius 2 is 2.04 bits per heavy atom. The van der Waals surface area contributed by atoms with Crippen LogP contribution in [0.4, 0.5) is 0 Å². The molecule has 1 amide bonds. The topological polar surface area (TPSA) is 77.6 Å². The summed E-state index contributed by atoms with van der Waals surface area (Å²) in [7, 11) is 1.68. The standard InChI is InChI=1S/C19H31N3O3/c1-12-6-7-16(19(20)24)9-21(12)10-18(23)17-8-13(2)22(15(17)4)14(3)11-25-5/h8,12,14,16H,6-7,9-11H2,1-5H3,(H2,20,24)/t12-,14+,16-/m0/s1. The Balaban J connectivity index is 2.15. The number of ketones is 1. The number of ether oxygens (including phenoxy) is 1. The minimum Gasteiger partial charge on any atom is -0.383 e. The molecular weight excluding hydrogens is 318 g/mol. The zero-order chi connectivity index (χ0) is 18.7. The molecule has 1 aliphatic heterocycles. The number of aromatic nitrogens is 1. The predicted octanol–water partition coefficient (Wildman–Crippen LogP) is 2.08. The molecular formula is C19H31N3O3. The molecule has 0 aromatic carbocycles. The van der Waals surface area contributed by atoms with Crippen molar-refractivity contribution >= 4 is 11.7 Å². The lowest BCUT2D eigenvalue weighted by atomic mass is 9.92. The summed E-state index contributed by atoms with van der Waals surface area (Å²) in [6.07, 6.45) is 1.70. The Morgan fingerprint density at radius 3 is 2.64 bits per heavy atom. The molecule has 0 saturated carbocycles. The van der Waals surface area contributed by atoms with Crippen LogP contribution in [-0.4, -0.2) is 54.0 Å². The van der Waals surface area contributed by atoms with Crippen LogP contribution in [0.25, 0.3) is 0 Å². The van der Waals surface area contributed by atoms with E-state index in [0.717, 1.165) is 29.8 Å². The maximum absolute atomic E-state index is 12.9. The van der Waals surface area contributed by atoms with Gasteiger partial charge in [-0.2, -0.15) is 0 Å². The second kappa shape index (κ2) is 8.15. The number of likely N-dealkylation sites (tertiary alicyclic amines) is 1. The zero-order valence-corrected chi connectivity index (χ0v) is 16.0. The van der Waals surface area contributed by atoms with E-state index in [9.17, 15) is 9.59 Å². The van der Waals surface area contributed by atoms with E-state index in [1.807, 2.05) is 19.9 Å². The average molecular weight is 349 g/mol. The summed E-state index contributed by atoms with van der Waals surface area (Å²) in [6.45, 7) is 9.69. The third kappa shape index (κ3) is 4.30. The summed E-state index contributed by atoms with van der Waals surface area (Å²) < 4.78 is 7.41. The van der Waals surface area contributed by atoms with Gasteiger partial charge in [-0.1, -0.05) is 0 Å². The average Bonchev–Trinajstić information content (AvgIpc) is 2.84. The van der Waals surface area contributed by atoms with Crippen LogP contribution in [0.5, 0.6) is 0 Å². The molecule has 2 rings (SSSR count). The number of primary amides is 1. The molecule has 1 fully saturated rings. The van der Waals surface area contributed by atoms with Crippen LogP contribution < -0.4 is 5.73 Å². The molecule has 0 spiro atoms. The second-order valence-electron chi connectivity index (χ2n) is 7.34. The summed E-state index contributed by atoms with van der Waals surface area (Å²) in [5.41, 5.74) is 8.26.